The van der Waals surface area contributed by atoms with Gasteiger partial charge in [0.2, 0.25) is 5.95 Å². The van der Waals surface area contributed by atoms with Crippen molar-refractivity contribution in [2.45, 2.75) is 0 Å². The SMILES string of the molecule is [2H]c1c([2H])c([2H])c(-c2nc(-c3c([2H])c([2H])c([2H])c([2H])c3[2H])nc(-n3c4ccccc4c4ccc5c6ccccc6n(-c6c([2H])c([2H])c([2H])c7oc8c(-c9c([2H])c([2H])c([2H])c([2H])c9[2H])c([2H])c([2H])c([2H])c8c67)c5c43)n2)c([2H])c1[2H]. The number of rotatable bonds is 5. The maximum atomic E-state index is 9.81. The second-order valence-corrected chi connectivity index (χ2v) is 12.8. The van der Waals surface area contributed by atoms with Crippen molar-refractivity contribution in [2.24, 2.45) is 0 Å². The van der Waals surface area contributed by atoms with Crippen LogP contribution >= 0.6 is 0 Å². The van der Waals surface area contributed by atoms with Gasteiger partial charge >= 0.3 is 0 Å². The summed E-state index contributed by atoms with van der Waals surface area (Å²) in [5, 5.41) is 1.59. The first-order valence-electron chi connectivity index (χ1n) is 27.9. The molecule has 6 heteroatoms. The predicted molar refractivity (Wildman–Crippen MR) is 232 cm³/mol. The van der Waals surface area contributed by atoms with Crippen molar-refractivity contribution >= 4 is 65.6 Å². The highest BCUT2D eigenvalue weighted by Crippen LogP contribution is 2.45. The first kappa shape index (κ1) is 17.3. The number of nitrogens with zero attached hydrogens (tertiary/aromatic N) is 5. The van der Waals surface area contributed by atoms with E-state index in [1.807, 2.05) is 0 Å². The van der Waals surface area contributed by atoms with Crippen molar-refractivity contribution < 1.29 is 33.2 Å². The van der Waals surface area contributed by atoms with Crippen molar-refractivity contribution in [3.05, 3.63) is 188 Å². The van der Waals surface area contributed by atoms with Crippen LogP contribution < -0.4 is 0 Å². The third kappa shape index (κ3) is 4.74. The van der Waals surface area contributed by atoms with Crippen LogP contribution in [0.25, 0.3) is 111 Å². The van der Waals surface area contributed by atoms with Gasteiger partial charge in [0.05, 0.1) is 61.9 Å². The first-order chi connectivity index (χ1) is 37.0. The smallest absolute Gasteiger partial charge is 0.238 e. The van der Waals surface area contributed by atoms with Crippen LogP contribution in [0.1, 0.15) is 28.8 Å². The summed E-state index contributed by atoms with van der Waals surface area (Å²) in [6.07, 6.45) is 0. The Morgan fingerprint density at radius 3 is 1.61 bits per heavy atom. The van der Waals surface area contributed by atoms with Gasteiger partial charge in [-0.25, -0.2) is 4.98 Å². The molecule has 6 nitrogen and oxygen atoms in total. The maximum Gasteiger partial charge on any atom is 0.238 e. The van der Waals surface area contributed by atoms with E-state index in [9.17, 15) is 5.48 Å². The summed E-state index contributed by atoms with van der Waals surface area (Å²) in [5.41, 5.74) is -1.83. The zero-order valence-corrected chi connectivity index (χ0v) is 28.9. The molecule has 0 aliphatic carbocycles. The van der Waals surface area contributed by atoms with E-state index < -0.39 is 172 Å². The van der Waals surface area contributed by atoms with Crippen LogP contribution in [0.15, 0.2) is 192 Å². The fraction of sp³-hybridized carbons (Fsp3) is 0. The molecule has 0 spiro atoms. The monoisotopic (exact) mass is 750 g/mol. The molecule has 266 valence electrons. The van der Waals surface area contributed by atoms with Crippen LogP contribution in [-0.2, 0) is 0 Å². The summed E-state index contributed by atoms with van der Waals surface area (Å²) in [6, 6.07) is 2.30. The normalized spacial score (nSPS) is 17.0. The summed E-state index contributed by atoms with van der Waals surface area (Å²) >= 11 is 0. The van der Waals surface area contributed by atoms with Gasteiger partial charge in [-0.15, -0.1) is 0 Å². The molecule has 12 aromatic rings. The molecular formula is C51H31N5O. The van der Waals surface area contributed by atoms with Crippen molar-refractivity contribution in [1.29, 1.82) is 0 Å². The van der Waals surface area contributed by atoms with Gasteiger partial charge in [0.25, 0.3) is 0 Å². The highest BCUT2D eigenvalue weighted by Gasteiger charge is 2.25. The van der Waals surface area contributed by atoms with Crippen LogP contribution in [0, 0.1) is 0 Å². The van der Waals surface area contributed by atoms with Crippen molar-refractivity contribution in [3.63, 3.8) is 0 Å². The number of hydrogen-bond donors (Lipinski definition) is 0. The maximum absolute atomic E-state index is 9.81. The highest BCUT2D eigenvalue weighted by molar-refractivity contribution is 6.25. The molecule has 0 aliphatic heterocycles. The van der Waals surface area contributed by atoms with Gasteiger partial charge in [0.1, 0.15) is 11.2 Å². The molecule has 4 aromatic heterocycles. The summed E-state index contributed by atoms with van der Waals surface area (Å²) in [7, 11) is 0. The molecule has 8 aromatic carbocycles. The molecule has 57 heavy (non-hydrogen) atoms. The molecule has 0 aliphatic rings. The Balaban J connectivity index is 1.30. The average Bonchev–Trinajstić information content (AvgIpc) is 3.56. The van der Waals surface area contributed by atoms with Crippen LogP contribution in [-0.4, -0.2) is 24.1 Å². The molecule has 0 bridgehead atoms. The molecule has 0 radical (unpaired) electrons. The van der Waals surface area contributed by atoms with Gasteiger partial charge in [0.15, 0.2) is 11.6 Å². The minimum Gasteiger partial charge on any atom is -0.455 e. The van der Waals surface area contributed by atoms with Gasteiger partial charge in [-0.2, -0.15) is 9.97 Å². The third-order valence-corrected chi connectivity index (χ3v) is 9.82. The number of para-hydroxylation sites is 3. The fourth-order valence-corrected chi connectivity index (χ4v) is 7.53. The van der Waals surface area contributed by atoms with Crippen molar-refractivity contribution in [1.82, 2.24) is 24.1 Å². The van der Waals surface area contributed by atoms with Gasteiger partial charge < -0.3 is 8.98 Å². The van der Waals surface area contributed by atoms with E-state index in [-0.39, 0.29) is 33.4 Å². The summed E-state index contributed by atoms with van der Waals surface area (Å²) in [4.78, 5) is 14.1. The topological polar surface area (TPSA) is 61.7 Å². The number of fused-ring (bicyclic) bond motifs is 10. The van der Waals surface area contributed by atoms with E-state index in [4.69, 9.17) is 37.7 Å². The minimum atomic E-state index is -0.761. The van der Waals surface area contributed by atoms with Crippen molar-refractivity contribution in [3.8, 4) is 45.5 Å². The molecule has 0 amide bonds. The largest absolute Gasteiger partial charge is 0.455 e. The van der Waals surface area contributed by atoms with E-state index in [1.54, 1.807) is 65.2 Å². The number of aromatic nitrogens is 5. The Hall–Kier alpha value is -7.83. The van der Waals surface area contributed by atoms with E-state index >= 15 is 0 Å². The summed E-state index contributed by atoms with van der Waals surface area (Å²) in [6.45, 7) is 0. The van der Waals surface area contributed by atoms with E-state index in [2.05, 4.69) is 4.98 Å². The standard InChI is InChI=1S/C51H31N5O/c1-4-16-32(17-5-1)35-24-14-25-40-45-43(28-15-29-44(45)57-48(35)40)55-41-26-12-10-22-36(41)38-30-31-39-37-23-11-13-27-42(37)56(47(39)46(38)55)51-53-49(33-18-6-2-7-19-33)52-50(54-51)34-20-8-3-9-21-34/h1-31H/i1D,2D,3D,4D,5D,6D,7D,8D,9D,14D,15D,16D,17D,18D,19D,20D,21D,24D,25D,28D,29D. The third-order valence-electron chi connectivity index (χ3n) is 9.82. The molecule has 0 fully saturated rings. The molecule has 0 N–H and O–H groups in total. The quantitative estimate of drug-likeness (QED) is 0.176. The Labute approximate surface area is 356 Å². The van der Waals surface area contributed by atoms with E-state index in [0.29, 0.717) is 32.6 Å². The fourth-order valence-electron chi connectivity index (χ4n) is 7.53. The molecule has 4 heterocycles. The second-order valence-electron chi connectivity index (χ2n) is 12.8. The molecule has 0 atom stereocenters. The summed E-state index contributed by atoms with van der Waals surface area (Å²) < 4.78 is 195. The molecule has 0 unspecified atom stereocenters. The lowest BCUT2D eigenvalue weighted by molar-refractivity contribution is 0.670. The van der Waals surface area contributed by atoms with Crippen LogP contribution in [0.2, 0.25) is 0 Å². The average molecular weight is 751 g/mol. The van der Waals surface area contributed by atoms with Gasteiger partial charge in [-0.3, -0.25) is 4.57 Å². The number of furan rings is 1. The molecule has 12 rings (SSSR count). The van der Waals surface area contributed by atoms with Crippen molar-refractivity contribution in [2.75, 3.05) is 0 Å². The first-order valence-corrected chi connectivity index (χ1v) is 17.4. The number of benzene rings is 8. The molecule has 0 saturated carbocycles. The van der Waals surface area contributed by atoms with Gasteiger partial charge in [-0.1, -0.05) is 163 Å². The number of hydrogen-bond acceptors (Lipinski definition) is 4. The van der Waals surface area contributed by atoms with Gasteiger partial charge in [-0.05, 0) is 29.8 Å². The Morgan fingerprint density at radius 1 is 0.439 bits per heavy atom. The lowest BCUT2D eigenvalue weighted by Gasteiger charge is -2.14. The van der Waals surface area contributed by atoms with E-state index in [0.717, 1.165) is 0 Å². The minimum absolute atomic E-state index is 0.183. The molecular weight excluding hydrogens is 699 g/mol. The zero-order valence-electron chi connectivity index (χ0n) is 49.9. The highest BCUT2D eigenvalue weighted by atomic mass is 16.3. The van der Waals surface area contributed by atoms with Crippen LogP contribution in [0.5, 0.6) is 0 Å². The van der Waals surface area contributed by atoms with Crippen LogP contribution in [0.4, 0.5) is 0 Å². The Bertz CT molecular complexity index is 4600. The molecule has 0 saturated heterocycles. The predicted octanol–water partition coefficient (Wildman–Crippen LogP) is 13.0. The zero-order chi connectivity index (χ0) is 55.7. The lowest BCUT2D eigenvalue weighted by Crippen LogP contribution is -2.07. The van der Waals surface area contributed by atoms with Crippen LogP contribution in [0.3, 0.4) is 0 Å². The lowest BCUT2D eigenvalue weighted by atomic mass is 10.0. The van der Waals surface area contributed by atoms with Gasteiger partial charge in [0, 0.05) is 43.6 Å². The second kappa shape index (κ2) is 12.3. The Kier molecular flexibility index (Phi) is 3.75. The van der Waals surface area contributed by atoms with E-state index in [1.165, 1.54) is 4.57 Å². The Morgan fingerprint density at radius 2 is 0.982 bits per heavy atom. The summed E-state index contributed by atoms with van der Waals surface area (Å²) in [5.74, 6) is -1.43.